The second-order valence-electron chi connectivity index (χ2n) is 3.63. The van der Waals surface area contributed by atoms with E-state index in [4.69, 9.17) is 11.6 Å². The minimum Gasteiger partial charge on any atom is -0.323 e. The zero-order valence-corrected chi connectivity index (χ0v) is 10.1. The van der Waals surface area contributed by atoms with E-state index in [1.54, 1.807) is 24.3 Å². The zero-order chi connectivity index (χ0) is 13.0. The van der Waals surface area contributed by atoms with Crippen LogP contribution in [0.1, 0.15) is 10.9 Å². The van der Waals surface area contributed by atoms with Crippen molar-refractivity contribution >= 4 is 23.2 Å². The molecule has 0 saturated carbocycles. The molecular formula is C13H10ClFN2O. The van der Waals surface area contributed by atoms with Crippen LogP contribution in [0.5, 0.6) is 0 Å². The Bertz CT molecular complexity index is 530. The van der Waals surface area contributed by atoms with E-state index in [2.05, 4.69) is 10.3 Å². The molecule has 1 heterocycles. The molecule has 0 bridgehead atoms. The topological polar surface area (TPSA) is 42.0 Å². The number of hydrogen-bond donors (Lipinski definition) is 1. The second kappa shape index (κ2) is 5.60. The van der Waals surface area contributed by atoms with E-state index in [9.17, 15) is 9.18 Å². The van der Waals surface area contributed by atoms with Gasteiger partial charge in [-0.15, -0.1) is 11.6 Å². The van der Waals surface area contributed by atoms with Crippen molar-refractivity contribution in [1.82, 2.24) is 4.98 Å². The zero-order valence-electron chi connectivity index (χ0n) is 9.31. The van der Waals surface area contributed by atoms with Gasteiger partial charge in [0.2, 0.25) is 11.9 Å². The maximum Gasteiger partial charge on any atom is 0.247 e. The number of aromatic nitrogens is 1. The molecule has 92 valence electrons. The molecule has 1 aromatic heterocycles. The molecular weight excluding hydrogens is 255 g/mol. The second-order valence-corrected chi connectivity index (χ2v) is 4.07. The minimum atomic E-state index is -0.795. The molecule has 1 unspecified atom stereocenters. The highest BCUT2D eigenvalue weighted by Crippen LogP contribution is 2.21. The number of carbonyl (C=O) groups excluding carboxylic acids is 1. The Hall–Kier alpha value is -1.94. The van der Waals surface area contributed by atoms with Crippen LogP contribution < -0.4 is 5.32 Å². The van der Waals surface area contributed by atoms with Crippen LogP contribution in [-0.4, -0.2) is 10.9 Å². The van der Waals surface area contributed by atoms with E-state index >= 15 is 0 Å². The normalized spacial score (nSPS) is 11.9. The first kappa shape index (κ1) is 12.5. The van der Waals surface area contributed by atoms with Crippen LogP contribution in [0.15, 0.2) is 48.7 Å². The summed E-state index contributed by atoms with van der Waals surface area (Å²) in [7, 11) is 0. The van der Waals surface area contributed by atoms with E-state index < -0.39 is 11.3 Å². The summed E-state index contributed by atoms with van der Waals surface area (Å²) in [4.78, 5) is 15.3. The summed E-state index contributed by atoms with van der Waals surface area (Å²) >= 11 is 6.03. The van der Waals surface area contributed by atoms with Crippen molar-refractivity contribution < 1.29 is 9.18 Å². The summed E-state index contributed by atoms with van der Waals surface area (Å²) in [5.74, 6) is -0.977. The highest BCUT2D eigenvalue weighted by Gasteiger charge is 2.17. The number of benzene rings is 1. The lowest BCUT2D eigenvalue weighted by molar-refractivity contribution is -0.116. The molecule has 1 N–H and O–H groups in total. The van der Waals surface area contributed by atoms with Gasteiger partial charge in [0.15, 0.2) is 0 Å². The fraction of sp³-hybridized carbons (Fsp3) is 0.0769. The van der Waals surface area contributed by atoms with Gasteiger partial charge in [-0.2, -0.15) is 4.39 Å². The molecule has 0 fully saturated rings. The summed E-state index contributed by atoms with van der Waals surface area (Å²) in [5, 5.41) is 1.77. The number of pyridine rings is 1. The SMILES string of the molecule is O=C(Nc1ccc(F)nc1)C(Cl)c1ccccc1. The quantitative estimate of drug-likeness (QED) is 0.684. The Kier molecular flexibility index (Phi) is 3.89. The maximum atomic E-state index is 12.6. The Morgan fingerprint density at radius 1 is 1.22 bits per heavy atom. The smallest absolute Gasteiger partial charge is 0.247 e. The van der Waals surface area contributed by atoms with Crippen LogP contribution in [0.3, 0.4) is 0 Å². The molecule has 18 heavy (non-hydrogen) atoms. The van der Waals surface area contributed by atoms with Crippen molar-refractivity contribution in [2.75, 3.05) is 5.32 Å². The van der Waals surface area contributed by atoms with Gasteiger partial charge in [0, 0.05) is 0 Å². The van der Waals surface area contributed by atoms with Crippen molar-refractivity contribution in [3.63, 3.8) is 0 Å². The maximum absolute atomic E-state index is 12.6. The lowest BCUT2D eigenvalue weighted by Gasteiger charge is -2.10. The van der Waals surface area contributed by atoms with Gasteiger partial charge in [-0.25, -0.2) is 4.98 Å². The van der Waals surface area contributed by atoms with Gasteiger partial charge in [0.1, 0.15) is 5.38 Å². The molecule has 1 aromatic carbocycles. The summed E-state index contributed by atoms with van der Waals surface area (Å²) in [6, 6.07) is 11.6. The molecule has 2 rings (SSSR count). The molecule has 1 atom stereocenters. The van der Waals surface area contributed by atoms with Crippen LogP contribution in [0, 0.1) is 5.95 Å². The van der Waals surface area contributed by atoms with E-state index in [1.165, 1.54) is 18.3 Å². The van der Waals surface area contributed by atoms with Crippen LogP contribution in [0.25, 0.3) is 0 Å². The average Bonchev–Trinajstić information content (AvgIpc) is 2.41. The summed E-state index contributed by atoms with van der Waals surface area (Å²) in [6.45, 7) is 0. The Morgan fingerprint density at radius 2 is 1.94 bits per heavy atom. The predicted molar refractivity (Wildman–Crippen MR) is 67.9 cm³/mol. The molecule has 0 aliphatic rings. The minimum absolute atomic E-state index is 0.378. The van der Waals surface area contributed by atoms with Gasteiger partial charge in [0.05, 0.1) is 11.9 Å². The number of nitrogens with zero attached hydrogens (tertiary/aromatic N) is 1. The summed E-state index contributed by atoms with van der Waals surface area (Å²) in [5.41, 5.74) is 1.11. The van der Waals surface area contributed by atoms with Gasteiger partial charge >= 0.3 is 0 Å². The van der Waals surface area contributed by atoms with Gasteiger partial charge in [-0.1, -0.05) is 30.3 Å². The lowest BCUT2D eigenvalue weighted by atomic mass is 10.1. The number of halogens is 2. The van der Waals surface area contributed by atoms with E-state index in [0.717, 1.165) is 0 Å². The summed E-state index contributed by atoms with van der Waals surface area (Å²) < 4.78 is 12.6. The molecule has 3 nitrogen and oxygen atoms in total. The number of nitrogens with one attached hydrogen (secondary N) is 1. The predicted octanol–water partition coefficient (Wildman–Crippen LogP) is 3.14. The number of alkyl halides is 1. The number of anilines is 1. The van der Waals surface area contributed by atoms with Crippen molar-refractivity contribution in [2.45, 2.75) is 5.38 Å². The molecule has 1 amide bonds. The number of hydrogen-bond acceptors (Lipinski definition) is 2. The van der Waals surface area contributed by atoms with E-state index in [1.807, 2.05) is 6.07 Å². The highest BCUT2D eigenvalue weighted by molar-refractivity contribution is 6.32. The van der Waals surface area contributed by atoms with Crippen molar-refractivity contribution in [2.24, 2.45) is 0 Å². The first-order valence-electron chi connectivity index (χ1n) is 5.28. The van der Waals surface area contributed by atoms with Crippen molar-refractivity contribution in [3.8, 4) is 0 Å². The molecule has 0 aliphatic heterocycles. The number of carbonyl (C=O) groups is 1. The monoisotopic (exact) mass is 264 g/mol. The fourth-order valence-corrected chi connectivity index (χ4v) is 1.63. The third kappa shape index (κ3) is 3.05. The third-order valence-electron chi connectivity index (χ3n) is 2.32. The third-order valence-corrected chi connectivity index (χ3v) is 2.77. The largest absolute Gasteiger partial charge is 0.323 e. The Balaban J connectivity index is 2.06. The standard InChI is InChI=1S/C13H10ClFN2O/c14-12(9-4-2-1-3-5-9)13(18)17-10-6-7-11(15)16-8-10/h1-8,12H,(H,17,18). The van der Waals surface area contributed by atoms with Gasteiger partial charge in [0.25, 0.3) is 0 Å². The fourth-order valence-electron chi connectivity index (χ4n) is 1.43. The first-order valence-corrected chi connectivity index (χ1v) is 5.72. The van der Waals surface area contributed by atoms with Gasteiger partial charge in [-0.3, -0.25) is 4.79 Å². The molecule has 0 saturated heterocycles. The molecule has 5 heteroatoms. The van der Waals surface area contributed by atoms with Crippen molar-refractivity contribution in [3.05, 3.63) is 60.2 Å². The number of amides is 1. The van der Waals surface area contributed by atoms with Crippen LogP contribution >= 0.6 is 11.6 Å². The Labute approximate surface area is 109 Å². The summed E-state index contributed by atoms with van der Waals surface area (Å²) in [6.07, 6.45) is 1.24. The van der Waals surface area contributed by atoms with Crippen LogP contribution in [-0.2, 0) is 4.79 Å². The van der Waals surface area contributed by atoms with Crippen LogP contribution in [0.4, 0.5) is 10.1 Å². The molecule has 2 aromatic rings. The van der Waals surface area contributed by atoms with E-state index in [-0.39, 0.29) is 5.91 Å². The van der Waals surface area contributed by atoms with E-state index in [0.29, 0.717) is 11.3 Å². The van der Waals surface area contributed by atoms with Crippen LogP contribution in [0.2, 0.25) is 0 Å². The molecule has 0 radical (unpaired) electrons. The molecule has 0 aliphatic carbocycles. The number of rotatable bonds is 3. The Morgan fingerprint density at radius 3 is 2.56 bits per heavy atom. The van der Waals surface area contributed by atoms with Crippen molar-refractivity contribution in [1.29, 1.82) is 0 Å². The lowest BCUT2D eigenvalue weighted by Crippen LogP contribution is -2.17. The molecule has 0 spiro atoms. The van der Waals surface area contributed by atoms with Gasteiger partial charge < -0.3 is 5.32 Å². The highest BCUT2D eigenvalue weighted by atomic mass is 35.5. The van der Waals surface area contributed by atoms with Gasteiger partial charge in [-0.05, 0) is 17.7 Å². The first-order chi connectivity index (χ1) is 8.66. The average molecular weight is 265 g/mol.